The van der Waals surface area contributed by atoms with Crippen molar-refractivity contribution in [1.29, 1.82) is 0 Å². The number of rotatable bonds is 9. The van der Waals surface area contributed by atoms with Crippen LogP contribution in [0.2, 0.25) is 0 Å². The van der Waals surface area contributed by atoms with Gasteiger partial charge in [0.25, 0.3) is 5.91 Å². The standard InChI is InChI=1S/C16H26N2O3/c1-4-11-18-12-5-6-13(18)15(21)17-10-9-16(2,3)8-7-14(19)20/h5-6,12H,4,7-11H2,1-3H3,(H,17,21)(H,19,20). The number of carbonyl (C=O) groups is 2. The molecule has 2 N–H and O–H groups in total. The van der Waals surface area contributed by atoms with E-state index < -0.39 is 5.97 Å². The first kappa shape index (κ1) is 17.3. The first-order chi connectivity index (χ1) is 9.85. The molecule has 5 nitrogen and oxygen atoms in total. The van der Waals surface area contributed by atoms with Gasteiger partial charge in [-0.05, 0) is 36.8 Å². The fourth-order valence-electron chi connectivity index (χ4n) is 2.23. The van der Waals surface area contributed by atoms with Crippen molar-refractivity contribution < 1.29 is 14.7 Å². The van der Waals surface area contributed by atoms with E-state index in [1.54, 1.807) is 0 Å². The summed E-state index contributed by atoms with van der Waals surface area (Å²) in [6.45, 7) is 7.53. The number of carboxylic acids is 1. The average Bonchev–Trinajstić information content (AvgIpc) is 2.85. The van der Waals surface area contributed by atoms with Crippen LogP contribution in [-0.4, -0.2) is 28.1 Å². The Morgan fingerprint density at radius 1 is 1.33 bits per heavy atom. The SMILES string of the molecule is CCCn1cccc1C(=O)NCCC(C)(C)CCC(=O)O. The van der Waals surface area contributed by atoms with Crippen LogP contribution >= 0.6 is 0 Å². The monoisotopic (exact) mass is 294 g/mol. The molecule has 0 saturated heterocycles. The maximum atomic E-state index is 12.1. The van der Waals surface area contributed by atoms with Crippen LogP contribution in [0.4, 0.5) is 0 Å². The highest BCUT2D eigenvalue weighted by Crippen LogP contribution is 2.26. The predicted molar refractivity (Wildman–Crippen MR) is 82.3 cm³/mol. The maximum Gasteiger partial charge on any atom is 0.303 e. The van der Waals surface area contributed by atoms with Gasteiger partial charge in [-0.25, -0.2) is 0 Å². The van der Waals surface area contributed by atoms with Crippen LogP contribution in [0, 0.1) is 5.41 Å². The van der Waals surface area contributed by atoms with Gasteiger partial charge in [-0.3, -0.25) is 9.59 Å². The first-order valence-corrected chi connectivity index (χ1v) is 7.51. The Morgan fingerprint density at radius 3 is 2.67 bits per heavy atom. The topological polar surface area (TPSA) is 71.3 Å². The lowest BCUT2D eigenvalue weighted by molar-refractivity contribution is -0.137. The molecule has 0 spiro atoms. The van der Waals surface area contributed by atoms with E-state index in [1.165, 1.54) is 0 Å². The van der Waals surface area contributed by atoms with Gasteiger partial charge < -0.3 is 15.0 Å². The van der Waals surface area contributed by atoms with Gasteiger partial charge in [0, 0.05) is 25.7 Å². The van der Waals surface area contributed by atoms with Gasteiger partial charge in [0.15, 0.2) is 0 Å². The Morgan fingerprint density at radius 2 is 2.05 bits per heavy atom. The number of aliphatic carboxylic acids is 1. The highest BCUT2D eigenvalue weighted by atomic mass is 16.4. The highest BCUT2D eigenvalue weighted by Gasteiger charge is 2.19. The van der Waals surface area contributed by atoms with E-state index in [2.05, 4.69) is 12.2 Å². The second-order valence-corrected chi connectivity index (χ2v) is 6.15. The van der Waals surface area contributed by atoms with Crippen molar-refractivity contribution in [3.8, 4) is 0 Å². The van der Waals surface area contributed by atoms with Gasteiger partial charge in [0.05, 0.1) is 0 Å². The first-order valence-electron chi connectivity index (χ1n) is 7.51. The summed E-state index contributed by atoms with van der Waals surface area (Å²) in [7, 11) is 0. The lowest BCUT2D eigenvalue weighted by Crippen LogP contribution is -2.30. The van der Waals surface area contributed by atoms with Crippen molar-refractivity contribution >= 4 is 11.9 Å². The Balaban J connectivity index is 2.42. The summed E-state index contributed by atoms with van der Waals surface area (Å²) in [6, 6.07) is 3.70. The molecule has 1 rings (SSSR count). The minimum atomic E-state index is -0.774. The van der Waals surface area contributed by atoms with Crippen molar-refractivity contribution in [3.63, 3.8) is 0 Å². The minimum absolute atomic E-state index is 0.0671. The van der Waals surface area contributed by atoms with E-state index in [-0.39, 0.29) is 17.7 Å². The number of nitrogens with one attached hydrogen (secondary N) is 1. The number of nitrogens with zero attached hydrogens (tertiary/aromatic N) is 1. The molecule has 21 heavy (non-hydrogen) atoms. The number of aryl methyl sites for hydroxylation is 1. The molecule has 0 bridgehead atoms. The van der Waals surface area contributed by atoms with Crippen LogP contribution in [0.25, 0.3) is 0 Å². The van der Waals surface area contributed by atoms with Gasteiger partial charge in [-0.2, -0.15) is 0 Å². The fraction of sp³-hybridized carbons (Fsp3) is 0.625. The minimum Gasteiger partial charge on any atom is -0.481 e. The molecule has 0 aliphatic rings. The van der Waals surface area contributed by atoms with Crippen LogP contribution in [-0.2, 0) is 11.3 Å². The van der Waals surface area contributed by atoms with Crippen LogP contribution in [0.5, 0.6) is 0 Å². The lowest BCUT2D eigenvalue weighted by Gasteiger charge is -2.23. The largest absolute Gasteiger partial charge is 0.481 e. The number of carbonyl (C=O) groups excluding carboxylic acids is 1. The van der Waals surface area contributed by atoms with Crippen molar-refractivity contribution in [1.82, 2.24) is 9.88 Å². The van der Waals surface area contributed by atoms with Gasteiger partial charge in [0.1, 0.15) is 5.69 Å². The predicted octanol–water partition coefficient (Wildman–Crippen LogP) is 2.91. The molecule has 118 valence electrons. The van der Waals surface area contributed by atoms with Crippen molar-refractivity contribution in [2.24, 2.45) is 5.41 Å². The van der Waals surface area contributed by atoms with Crippen LogP contribution < -0.4 is 5.32 Å². The van der Waals surface area contributed by atoms with E-state index in [1.807, 2.05) is 36.7 Å². The van der Waals surface area contributed by atoms with Crippen LogP contribution in [0.3, 0.4) is 0 Å². The highest BCUT2D eigenvalue weighted by molar-refractivity contribution is 5.92. The summed E-state index contributed by atoms with van der Waals surface area (Å²) in [5.41, 5.74) is 0.595. The van der Waals surface area contributed by atoms with E-state index in [4.69, 9.17) is 5.11 Å². The van der Waals surface area contributed by atoms with Gasteiger partial charge in [-0.15, -0.1) is 0 Å². The lowest BCUT2D eigenvalue weighted by atomic mass is 9.84. The van der Waals surface area contributed by atoms with Crippen molar-refractivity contribution in [2.45, 2.75) is 53.0 Å². The molecule has 0 fully saturated rings. The van der Waals surface area contributed by atoms with E-state index in [0.717, 1.165) is 19.4 Å². The van der Waals surface area contributed by atoms with Crippen LogP contribution in [0.15, 0.2) is 18.3 Å². The normalized spacial score (nSPS) is 11.4. The third kappa shape index (κ3) is 6.02. The summed E-state index contributed by atoms with van der Waals surface area (Å²) in [5.74, 6) is -0.841. The van der Waals surface area contributed by atoms with Gasteiger partial charge >= 0.3 is 5.97 Å². The Labute approximate surface area is 126 Å². The van der Waals surface area contributed by atoms with Gasteiger partial charge in [0.2, 0.25) is 0 Å². The second-order valence-electron chi connectivity index (χ2n) is 6.15. The smallest absolute Gasteiger partial charge is 0.303 e. The van der Waals surface area contributed by atoms with Crippen molar-refractivity contribution in [3.05, 3.63) is 24.0 Å². The molecular formula is C16H26N2O3. The summed E-state index contributed by atoms with van der Waals surface area (Å²) >= 11 is 0. The molecule has 0 radical (unpaired) electrons. The van der Waals surface area contributed by atoms with Crippen molar-refractivity contribution in [2.75, 3.05) is 6.54 Å². The van der Waals surface area contributed by atoms with E-state index >= 15 is 0 Å². The molecule has 5 heteroatoms. The number of hydrogen-bond donors (Lipinski definition) is 2. The Hall–Kier alpha value is -1.78. The third-order valence-electron chi connectivity index (χ3n) is 3.63. The zero-order valence-corrected chi connectivity index (χ0v) is 13.2. The Kier molecular flexibility index (Phi) is 6.46. The molecule has 0 unspecified atom stereocenters. The van der Waals surface area contributed by atoms with Gasteiger partial charge in [-0.1, -0.05) is 20.8 Å². The van der Waals surface area contributed by atoms with Crippen LogP contribution in [0.1, 0.15) is 56.9 Å². The molecule has 0 atom stereocenters. The molecular weight excluding hydrogens is 268 g/mol. The van der Waals surface area contributed by atoms with E-state index in [0.29, 0.717) is 18.7 Å². The molecule has 1 amide bonds. The third-order valence-corrected chi connectivity index (χ3v) is 3.63. The average molecular weight is 294 g/mol. The molecule has 0 aliphatic heterocycles. The molecule has 0 saturated carbocycles. The fourth-order valence-corrected chi connectivity index (χ4v) is 2.23. The second kappa shape index (κ2) is 7.86. The number of amides is 1. The maximum absolute atomic E-state index is 12.1. The molecule has 1 heterocycles. The summed E-state index contributed by atoms with van der Waals surface area (Å²) in [4.78, 5) is 22.7. The summed E-state index contributed by atoms with van der Waals surface area (Å²) in [6.07, 6.45) is 4.44. The number of aromatic nitrogens is 1. The quantitative estimate of drug-likeness (QED) is 0.735. The Bertz CT molecular complexity index is 478. The van der Waals surface area contributed by atoms with E-state index in [9.17, 15) is 9.59 Å². The molecule has 1 aromatic rings. The molecule has 1 aromatic heterocycles. The molecule has 0 aromatic carbocycles. The number of hydrogen-bond acceptors (Lipinski definition) is 2. The zero-order valence-electron chi connectivity index (χ0n) is 13.2. The summed E-state index contributed by atoms with van der Waals surface area (Å²) < 4.78 is 1.95. The summed E-state index contributed by atoms with van der Waals surface area (Å²) in [5, 5.41) is 11.6. The zero-order chi connectivity index (χ0) is 15.9. The number of carboxylic acid groups (broad SMARTS) is 1. The molecule has 0 aliphatic carbocycles.